The van der Waals surface area contributed by atoms with Gasteiger partial charge in [-0.25, -0.2) is 4.79 Å². The number of aromatic nitrogens is 1. The van der Waals surface area contributed by atoms with E-state index in [9.17, 15) is 4.79 Å². The van der Waals surface area contributed by atoms with Crippen molar-refractivity contribution < 1.29 is 9.90 Å². The van der Waals surface area contributed by atoms with Gasteiger partial charge in [-0.1, -0.05) is 13.8 Å². The Kier molecular flexibility index (Phi) is 3.19. The molecule has 1 heterocycles. The van der Waals surface area contributed by atoms with Gasteiger partial charge in [0.25, 0.3) is 0 Å². The van der Waals surface area contributed by atoms with E-state index >= 15 is 0 Å². The summed E-state index contributed by atoms with van der Waals surface area (Å²) < 4.78 is 0. The van der Waals surface area contributed by atoms with E-state index in [0.717, 1.165) is 0 Å². The zero-order chi connectivity index (χ0) is 10.7. The summed E-state index contributed by atoms with van der Waals surface area (Å²) in [5.41, 5.74) is 6.70. The normalized spacial score (nSPS) is 12.9. The maximum Gasteiger partial charge on any atom is 0.336 e. The standard InChI is InChI=1S/C10H14N2O2/c1-6(2)9(11)8-5-12-4-3-7(8)10(13)14/h3-6,9H,11H2,1-2H3,(H,13,14). The van der Waals surface area contributed by atoms with Crippen LogP contribution in [0.5, 0.6) is 0 Å². The number of nitrogens with zero attached hydrogens (tertiary/aromatic N) is 1. The van der Waals surface area contributed by atoms with E-state index < -0.39 is 5.97 Å². The largest absolute Gasteiger partial charge is 0.478 e. The minimum Gasteiger partial charge on any atom is -0.478 e. The van der Waals surface area contributed by atoms with Crippen LogP contribution in [0.1, 0.15) is 35.8 Å². The highest BCUT2D eigenvalue weighted by Crippen LogP contribution is 2.21. The summed E-state index contributed by atoms with van der Waals surface area (Å²) in [5, 5.41) is 8.91. The van der Waals surface area contributed by atoms with Gasteiger partial charge in [0.05, 0.1) is 5.56 Å². The minimum absolute atomic E-state index is 0.192. The highest BCUT2D eigenvalue weighted by Gasteiger charge is 2.17. The predicted octanol–water partition coefficient (Wildman–Crippen LogP) is 1.44. The highest BCUT2D eigenvalue weighted by atomic mass is 16.4. The van der Waals surface area contributed by atoms with Gasteiger partial charge in [-0.3, -0.25) is 4.98 Å². The first-order valence-corrected chi connectivity index (χ1v) is 4.46. The lowest BCUT2D eigenvalue weighted by Crippen LogP contribution is -2.20. The average molecular weight is 194 g/mol. The second-order valence-electron chi connectivity index (χ2n) is 3.54. The van der Waals surface area contributed by atoms with Crippen LogP contribution in [0.2, 0.25) is 0 Å². The zero-order valence-electron chi connectivity index (χ0n) is 8.27. The van der Waals surface area contributed by atoms with Crippen molar-refractivity contribution in [2.24, 2.45) is 11.7 Å². The zero-order valence-corrected chi connectivity index (χ0v) is 8.27. The number of pyridine rings is 1. The van der Waals surface area contributed by atoms with Gasteiger partial charge in [0.2, 0.25) is 0 Å². The predicted molar refractivity (Wildman–Crippen MR) is 53.0 cm³/mol. The molecule has 0 fully saturated rings. The van der Waals surface area contributed by atoms with Crippen molar-refractivity contribution in [2.45, 2.75) is 19.9 Å². The Balaban J connectivity index is 3.13. The molecule has 0 saturated heterocycles. The SMILES string of the molecule is CC(C)C(N)c1cnccc1C(=O)O. The average Bonchev–Trinajstić information content (AvgIpc) is 2.16. The first-order valence-electron chi connectivity index (χ1n) is 4.46. The molecule has 0 amide bonds. The lowest BCUT2D eigenvalue weighted by molar-refractivity contribution is 0.0694. The van der Waals surface area contributed by atoms with Gasteiger partial charge in [0.15, 0.2) is 0 Å². The molecule has 14 heavy (non-hydrogen) atoms. The van der Waals surface area contributed by atoms with Crippen molar-refractivity contribution >= 4 is 5.97 Å². The summed E-state index contributed by atoms with van der Waals surface area (Å²) in [6, 6.07) is 1.19. The van der Waals surface area contributed by atoms with E-state index in [4.69, 9.17) is 10.8 Å². The van der Waals surface area contributed by atoms with Crippen molar-refractivity contribution in [3.63, 3.8) is 0 Å². The molecule has 4 heteroatoms. The molecule has 0 bridgehead atoms. The molecular formula is C10H14N2O2. The molecule has 4 nitrogen and oxygen atoms in total. The second-order valence-corrected chi connectivity index (χ2v) is 3.54. The molecular weight excluding hydrogens is 180 g/mol. The van der Waals surface area contributed by atoms with Crippen LogP contribution < -0.4 is 5.73 Å². The molecule has 0 spiro atoms. The van der Waals surface area contributed by atoms with Gasteiger partial charge in [0, 0.05) is 24.0 Å². The fraction of sp³-hybridized carbons (Fsp3) is 0.400. The number of carbonyl (C=O) groups is 1. The lowest BCUT2D eigenvalue weighted by Gasteiger charge is -2.17. The fourth-order valence-corrected chi connectivity index (χ4v) is 1.23. The Morgan fingerprint density at radius 1 is 1.57 bits per heavy atom. The Morgan fingerprint density at radius 3 is 2.71 bits per heavy atom. The van der Waals surface area contributed by atoms with E-state index in [1.54, 1.807) is 0 Å². The maximum atomic E-state index is 10.9. The number of rotatable bonds is 3. The van der Waals surface area contributed by atoms with Crippen LogP contribution >= 0.6 is 0 Å². The molecule has 0 aliphatic rings. The van der Waals surface area contributed by atoms with Gasteiger partial charge in [-0.05, 0) is 12.0 Å². The Bertz CT molecular complexity index is 337. The van der Waals surface area contributed by atoms with Crippen LogP contribution in [0.15, 0.2) is 18.5 Å². The Morgan fingerprint density at radius 2 is 2.21 bits per heavy atom. The number of nitrogens with two attached hydrogens (primary N) is 1. The van der Waals surface area contributed by atoms with Crippen molar-refractivity contribution in [3.8, 4) is 0 Å². The Hall–Kier alpha value is -1.42. The first-order chi connectivity index (χ1) is 6.54. The van der Waals surface area contributed by atoms with Crippen molar-refractivity contribution in [2.75, 3.05) is 0 Å². The van der Waals surface area contributed by atoms with E-state index in [1.165, 1.54) is 18.5 Å². The van der Waals surface area contributed by atoms with Crippen LogP contribution in [0.4, 0.5) is 0 Å². The molecule has 0 aromatic carbocycles. The molecule has 0 radical (unpaired) electrons. The molecule has 0 aliphatic heterocycles. The first kappa shape index (κ1) is 10.7. The molecule has 76 valence electrons. The monoisotopic (exact) mass is 194 g/mol. The molecule has 1 atom stereocenters. The molecule has 3 N–H and O–H groups in total. The third-order valence-electron chi connectivity index (χ3n) is 2.16. The number of aromatic carboxylic acids is 1. The molecule has 1 aromatic rings. The van der Waals surface area contributed by atoms with Crippen LogP contribution in [0.3, 0.4) is 0 Å². The summed E-state index contributed by atoms with van der Waals surface area (Å²) in [5.74, 6) is -0.768. The molecule has 0 saturated carbocycles. The van der Waals surface area contributed by atoms with Gasteiger partial charge in [0.1, 0.15) is 0 Å². The smallest absolute Gasteiger partial charge is 0.336 e. The summed E-state index contributed by atoms with van der Waals surface area (Å²) in [7, 11) is 0. The van der Waals surface area contributed by atoms with Crippen LogP contribution in [-0.4, -0.2) is 16.1 Å². The summed E-state index contributed by atoms with van der Waals surface area (Å²) >= 11 is 0. The van der Waals surface area contributed by atoms with Gasteiger partial charge in [-0.15, -0.1) is 0 Å². The number of carboxylic acids is 1. The number of carboxylic acid groups (broad SMARTS) is 1. The molecule has 0 aliphatic carbocycles. The third kappa shape index (κ3) is 2.09. The van der Waals surface area contributed by atoms with E-state index in [-0.39, 0.29) is 17.5 Å². The van der Waals surface area contributed by atoms with Crippen LogP contribution in [-0.2, 0) is 0 Å². The molecule has 1 unspecified atom stereocenters. The van der Waals surface area contributed by atoms with Gasteiger partial charge < -0.3 is 10.8 Å². The molecule has 1 rings (SSSR count). The number of hydrogen-bond acceptors (Lipinski definition) is 3. The third-order valence-corrected chi connectivity index (χ3v) is 2.16. The maximum absolute atomic E-state index is 10.9. The topological polar surface area (TPSA) is 76.2 Å². The summed E-state index contributed by atoms with van der Waals surface area (Å²) in [6.07, 6.45) is 2.98. The number of hydrogen-bond donors (Lipinski definition) is 2. The fourth-order valence-electron chi connectivity index (χ4n) is 1.23. The van der Waals surface area contributed by atoms with Crippen molar-refractivity contribution in [1.29, 1.82) is 0 Å². The summed E-state index contributed by atoms with van der Waals surface area (Å²) in [4.78, 5) is 14.8. The quantitative estimate of drug-likeness (QED) is 0.763. The van der Waals surface area contributed by atoms with Gasteiger partial charge in [-0.2, -0.15) is 0 Å². The second kappa shape index (κ2) is 4.19. The lowest BCUT2D eigenvalue weighted by atomic mass is 9.95. The van der Waals surface area contributed by atoms with Gasteiger partial charge >= 0.3 is 5.97 Å². The minimum atomic E-state index is -0.960. The van der Waals surface area contributed by atoms with Crippen LogP contribution in [0.25, 0.3) is 0 Å². The summed E-state index contributed by atoms with van der Waals surface area (Å²) in [6.45, 7) is 3.90. The Labute approximate surface area is 82.8 Å². The van der Waals surface area contributed by atoms with E-state index in [2.05, 4.69) is 4.98 Å². The highest BCUT2D eigenvalue weighted by molar-refractivity contribution is 5.89. The molecule has 1 aromatic heterocycles. The van der Waals surface area contributed by atoms with Crippen molar-refractivity contribution in [1.82, 2.24) is 4.98 Å². The van der Waals surface area contributed by atoms with E-state index in [1.807, 2.05) is 13.8 Å². The van der Waals surface area contributed by atoms with E-state index in [0.29, 0.717) is 5.56 Å². The van der Waals surface area contributed by atoms with Crippen molar-refractivity contribution in [3.05, 3.63) is 29.6 Å². The van der Waals surface area contributed by atoms with Crippen LogP contribution in [0, 0.1) is 5.92 Å².